The molecule has 154 valence electrons. The molecule has 0 spiro atoms. The zero-order chi connectivity index (χ0) is 21.1. The first kappa shape index (κ1) is 21.2. The average Bonchev–Trinajstić information content (AvgIpc) is 2.68. The maximum atomic E-state index is 6.58. The van der Waals surface area contributed by atoms with Crippen LogP contribution in [-0.2, 0) is 0 Å². The molecule has 3 aromatic rings. The maximum Gasteiger partial charge on any atom is 0.141 e. The monoisotopic (exact) mass is 435 g/mol. The third-order valence-corrected chi connectivity index (χ3v) is 5.17. The number of pyridine rings is 2. The van der Waals surface area contributed by atoms with Gasteiger partial charge in [-0.15, -0.1) is 0 Å². The molecule has 0 bridgehead atoms. The minimum absolute atomic E-state index is 0.354. The van der Waals surface area contributed by atoms with E-state index in [1.165, 1.54) is 14.2 Å². The third kappa shape index (κ3) is 4.42. The second-order valence-electron chi connectivity index (χ2n) is 6.70. The number of anilines is 2. The molecule has 1 aromatic carbocycles. The van der Waals surface area contributed by atoms with E-state index in [1.807, 2.05) is 20.2 Å². The van der Waals surface area contributed by atoms with Gasteiger partial charge in [0.1, 0.15) is 23.1 Å². The molecule has 0 aliphatic rings. The van der Waals surface area contributed by atoms with Gasteiger partial charge >= 0.3 is 0 Å². The van der Waals surface area contributed by atoms with Crippen LogP contribution in [0, 0.1) is 0 Å². The number of hydrogen-bond acceptors (Lipinski definition) is 7. The molecule has 0 saturated carbocycles. The lowest BCUT2D eigenvalue weighted by atomic mass is 10.1. The first-order valence-corrected chi connectivity index (χ1v) is 9.66. The van der Waals surface area contributed by atoms with Crippen molar-refractivity contribution in [2.24, 2.45) is 0 Å². The highest BCUT2D eigenvalue weighted by atomic mass is 35.5. The standard InChI is InChI=1S/C20H23Cl2N5O2/c1-27(2)6-5-24-20-12-8-16(23)25-10-11(12)7-13(26-20)17-18(21)14(28-3)9-15(29-4)19(17)22/h7-10H,5-6H2,1-4H3,(H2,23,25)(H,24,26). The van der Waals surface area contributed by atoms with Crippen molar-refractivity contribution in [1.82, 2.24) is 14.9 Å². The number of likely N-dealkylation sites (N-methyl/N-ethyl adjacent to an activating group) is 1. The Morgan fingerprint density at radius 1 is 1.07 bits per heavy atom. The molecule has 0 atom stereocenters. The molecule has 0 amide bonds. The minimum atomic E-state index is 0.354. The zero-order valence-electron chi connectivity index (χ0n) is 16.7. The summed E-state index contributed by atoms with van der Waals surface area (Å²) >= 11 is 13.2. The van der Waals surface area contributed by atoms with E-state index >= 15 is 0 Å². The Hall–Kier alpha value is -2.48. The first-order chi connectivity index (χ1) is 13.8. The molecule has 0 aliphatic carbocycles. The predicted octanol–water partition coefficient (Wildman–Crippen LogP) is 4.18. The highest BCUT2D eigenvalue weighted by Gasteiger charge is 2.21. The van der Waals surface area contributed by atoms with E-state index < -0.39 is 0 Å². The van der Waals surface area contributed by atoms with Gasteiger partial charge in [0, 0.05) is 41.7 Å². The summed E-state index contributed by atoms with van der Waals surface area (Å²) < 4.78 is 10.8. The third-order valence-electron chi connectivity index (χ3n) is 4.42. The fraction of sp³-hybridized carbons (Fsp3) is 0.300. The molecule has 0 radical (unpaired) electrons. The molecule has 0 aliphatic heterocycles. The summed E-state index contributed by atoms with van der Waals surface area (Å²) in [5.74, 6) is 1.98. The highest BCUT2D eigenvalue weighted by molar-refractivity contribution is 6.41. The number of methoxy groups -OCH3 is 2. The molecular formula is C20H23Cl2N5O2. The number of nitrogens with two attached hydrogens (primary N) is 1. The van der Waals surface area contributed by atoms with E-state index in [-0.39, 0.29) is 0 Å². The summed E-state index contributed by atoms with van der Waals surface area (Å²) in [5.41, 5.74) is 6.99. The summed E-state index contributed by atoms with van der Waals surface area (Å²) in [6, 6.07) is 5.30. The van der Waals surface area contributed by atoms with E-state index in [0.29, 0.717) is 51.0 Å². The number of rotatable bonds is 7. The van der Waals surface area contributed by atoms with Crippen LogP contribution in [0.25, 0.3) is 22.0 Å². The van der Waals surface area contributed by atoms with Gasteiger partial charge < -0.3 is 25.4 Å². The highest BCUT2D eigenvalue weighted by Crippen LogP contribution is 2.46. The van der Waals surface area contributed by atoms with Crippen molar-refractivity contribution in [3.05, 3.63) is 34.4 Å². The van der Waals surface area contributed by atoms with E-state index in [9.17, 15) is 0 Å². The Balaban J connectivity index is 2.21. The summed E-state index contributed by atoms with van der Waals surface area (Å²) in [6.45, 7) is 1.53. The van der Waals surface area contributed by atoms with Gasteiger partial charge in [-0.1, -0.05) is 23.2 Å². The molecular weight excluding hydrogens is 413 g/mol. The summed E-state index contributed by atoms with van der Waals surface area (Å²) in [6.07, 6.45) is 1.70. The lowest BCUT2D eigenvalue weighted by Crippen LogP contribution is -2.21. The molecule has 2 aromatic heterocycles. The fourth-order valence-corrected chi connectivity index (χ4v) is 3.63. The van der Waals surface area contributed by atoms with Crippen LogP contribution in [0.3, 0.4) is 0 Å². The number of halogens is 2. The number of benzene rings is 1. The smallest absolute Gasteiger partial charge is 0.141 e. The van der Waals surface area contributed by atoms with Crippen molar-refractivity contribution in [1.29, 1.82) is 0 Å². The van der Waals surface area contributed by atoms with Gasteiger partial charge in [0.25, 0.3) is 0 Å². The lowest BCUT2D eigenvalue weighted by Gasteiger charge is -2.17. The number of hydrogen-bond donors (Lipinski definition) is 2. The molecule has 29 heavy (non-hydrogen) atoms. The van der Waals surface area contributed by atoms with Gasteiger partial charge in [-0.2, -0.15) is 0 Å². The van der Waals surface area contributed by atoms with Gasteiger partial charge in [-0.3, -0.25) is 0 Å². The number of fused-ring (bicyclic) bond motifs is 1. The van der Waals surface area contributed by atoms with Gasteiger partial charge in [0.2, 0.25) is 0 Å². The molecule has 3 rings (SSSR count). The molecule has 0 saturated heterocycles. The number of nitrogens with zero attached hydrogens (tertiary/aromatic N) is 3. The summed E-state index contributed by atoms with van der Waals surface area (Å²) in [4.78, 5) is 11.1. The molecule has 0 fully saturated rings. The number of aromatic nitrogens is 2. The average molecular weight is 436 g/mol. The number of ether oxygens (including phenoxy) is 2. The molecule has 0 unspecified atom stereocenters. The van der Waals surface area contributed by atoms with Crippen LogP contribution in [0.2, 0.25) is 10.0 Å². The molecule has 3 N–H and O–H groups in total. The van der Waals surface area contributed by atoms with Crippen LogP contribution in [0.15, 0.2) is 24.4 Å². The predicted molar refractivity (Wildman–Crippen MR) is 120 cm³/mol. The van der Waals surface area contributed by atoms with E-state index in [4.69, 9.17) is 43.4 Å². The van der Waals surface area contributed by atoms with Crippen LogP contribution in [0.5, 0.6) is 11.5 Å². The van der Waals surface area contributed by atoms with Crippen molar-refractivity contribution in [3.63, 3.8) is 0 Å². The second kappa shape index (κ2) is 8.90. The van der Waals surface area contributed by atoms with Crippen LogP contribution >= 0.6 is 23.2 Å². The normalized spacial score (nSPS) is 11.1. The minimum Gasteiger partial charge on any atom is -0.495 e. The van der Waals surface area contributed by atoms with Gasteiger partial charge in [0.15, 0.2) is 0 Å². The first-order valence-electron chi connectivity index (χ1n) is 8.91. The zero-order valence-corrected chi connectivity index (χ0v) is 18.2. The van der Waals surface area contributed by atoms with Crippen LogP contribution in [0.1, 0.15) is 0 Å². The van der Waals surface area contributed by atoms with Crippen molar-refractivity contribution in [2.45, 2.75) is 0 Å². The van der Waals surface area contributed by atoms with Crippen LogP contribution in [0.4, 0.5) is 11.6 Å². The van der Waals surface area contributed by atoms with Crippen molar-refractivity contribution in [3.8, 4) is 22.8 Å². The lowest BCUT2D eigenvalue weighted by molar-refractivity contribution is 0.395. The van der Waals surface area contributed by atoms with E-state index in [2.05, 4.69) is 15.2 Å². The Labute approximate surface area is 179 Å². The van der Waals surface area contributed by atoms with Crippen LogP contribution < -0.4 is 20.5 Å². The van der Waals surface area contributed by atoms with Gasteiger partial charge in [-0.25, -0.2) is 9.97 Å². The Kier molecular flexibility index (Phi) is 6.52. The fourth-order valence-electron chi connectivity index (χ4n) is 2.93. The van der Waals surface area contributed by atoms with Crippen molar-refractivity contribution in [2.75, 3.05) is 52.5 Å². The largest absolute Gasteiger partial charge is 0.495 e. The Morgan fingerprint density at radius 2 is 1.72 bits per heavy atom. The number of nitrogen functional groups attached to an aromatic ring is 1. The maximum absolute atomic E-state index is 6.58. The topological polar surface area (TPSA) is 85.5 Å². The van der Waals surface area contributed by atoms with Gasteiger partial charge in [0.05, 0.1) is 30.0 Å². The summed E-state index contributed by atoms with van der Waals surface area (Å²) in [7, 11) is 7.08. The second-order valence-corrected chi connectivity index (χ2v) is 7.46. The van der Waals surface area contributed by atoms with Gasteiger partial charge in [-0.05, 0) is 26.2 Å². The Bertz CT molecular complexity index is 1020. The van der Waals surface area contributed by atoms with E-state index in [1.54, 1.807) is 18.3 Å². The SMILES string of the molecule is COc1cc(OC)c(Cl)c(-c2cc3cnc(N)cc3c(NCCN(C)C)n2)c1Cl. The van der Waals surface area contributed by atoms with Crippen molar-refractivity contribution >= 4 is 45.6 Å². The van der Waals surface area contributed by atoms with E-state index in [0.717, 1.165) is 17.3 Å². The van der Waals surface area contributed by atoms with Crippen LogP contribution in [-0.4, -0.2) is 56.3 Å². The molecule has 2 heterocycles. The quantitative estimate of drug-likeness (QED) is 0.575. The van der Waals surface area contributed by atoms with Crippen molar-refractivity contribution < 1.29 is 9.47 Å². The number of nitrogens with one attached hydrogen (secondary N) is 1. The molecule has 7 nitrogen and oxygen atoms in total. The summed E-state index contributed by atoms with van der Waals surface area (Å²) in [5, 5.41) is 5.79. The Morgan fingerprint density at radius 3 is 2.31 bits per heavy atom. The molecule has 9 heteroatoms.